The van der Waals surface area contributed by atoms with E-state index < -0.39 is 58.6 Å². The Morgan fingerprint density at radius 2 is 1.47 bits per heavy atom. The van der Waals surface area contributed by atoms with Crippen molar-refractivity contribution in [3.05, 3.63) is 95.5 Å². The summed E-state index contributed by atoms with van der Waals surface area (Å²) in [5.74, 6) is -1.85. The molecule has 0 aliphatic carbocycles. The number of hydrogen-bond acceptors (Lipinski definition) is 3. The molecule has 1 saturated heterocycles. The van der Waals surface area contributed by atoms with Crippen molar-refractivity contribution in [2.75, 3.05) is 4.90 Å². The summed E-state index contributed by atoms with van der Waals surface area (Å²) in [6, 6.07) is 10.00. The van der Waals surface area contributed by atoms with Gasteiger partial charge in [0.1, 0.15) is 17.4 Å². The standard InChI is InChI=1S/C30H37F2NO3Si2/c1-37(2,3)35-26-17-9-22(10-18-26)29-27(30(34)33(29)25-15-13-24(32)14-16-25)19-20-28(36-38(4,5)6)21-7-11-23(31)12-8-21/h7-18,27-29H,19-20H2,1-6H3/t27-,28+,29-/m1/s1/i13D,14D,15D,16D. The van der Waals surface area contributed by atoms with Crippen LogP contribution in [0.15, 0.2) is 72.7 Å². The number of halogens is 2. The van der Waals surface area contributed by atoms with Gasteiger partial charge in [0.05, 0.1) is 23.5 Å². The molecule has 1 heterocycles. The number of carbonyl (C=O) groups is 1. The molecule has 0 unspecified atom stereocenters. The average Bonchev–Trinajstić information content (AvgIpc) is 2.90. The van der Waals surface area contributed by atoms with Crippen molar-refractivity contribution < 1.29 is 27.9 Å². The summed E-state index contributed by atoms with van der Waals surface area (Å²) < 4.78 is 73.3. The molecule has 3 atom stereocenters. The van der Waals surface area contributed by atoms with E-state index in [4.69, 9.17) is 14.3 Å². The third-order valence-corrected chi connectivity index (χ3v) is 8.00. The molecule has 0 N–H and O–H groups in total. The lowest BCUT2D eigenvalue weighted by Crippen LogP contribution is -2.55. The van der Waals surface area contributed by atoms with Gasteiger partial charge in [0.15, 0.2) is 8.32 Å². The van der Waals surface area contributed by atoms with E-state index in [0.29, 0.717) is 18.6 Å². The van der Waals surface area contributed by atoms with Gasteiger partial charge in [-0.2, -0.15) is 0 Å². The van der Waals surface area contributed by atoms with Crippen molar-refractivity contribution in [2.24, 2.45) is 5.92 Å². The maximum atomic E-state index is 14.4. The van der Waals surface area contributed by atoms with Crippen LogP contribution in [0.3, 0.4) is 0 Å². The Hall–Kier alpha value is -2.82. The molecule has 0 aromatic heterocycles. The van der Waals surface area contributed by atoms with Gasteiger partial charge in [-0.15, -0.1) is 0 Å². The summed E-state index contributed by atoms with van der Waals surface area (Å²) in [6.07, 6.45) is 0.491. The van der Waals surface area contributed by atoms with Crippen molar-refractivity contribution in [3.8, 4) is 5.75 Å². The van der Waals surface area contributed by atoms with Crippen molar-refractivity contribution >= 4 is 28.2 Å². The molecule has 4 nitrogen and oxygen atoms in total. The van der Waals surface area contributed by atoms with E-state index in [1.165, 1.54) is 17.0 Å². The minimum atomic E-state index is -2.03. The van der Waals surface area contributed by atoms with E-state index in [1.807, 2.05) is 24.3 Å². The zero-order valence-electron chi connectivity index (χ0n) is 26.7. The summed E-state index contributed by atoms with van der Waals surface area (Å²) >= 11 is 0. The highest BCUT2D eigenvalue weighted by Crippen LogP contribution is 2.47. The van der Waals surface area contributed by atoms with E-state index in [2.05, 4.69) is 39.3 Å². The number of benzene rings is 3. The van der Waals surface area contributed by atoms with Gasteiger partial charge in [-0.1, -0.05) is 24.3 Å². The Balaban J connectivity index is 1.71. The van der Waals surface area contributed by atoms with E-state index in [1.54, 1.807) is 12.1 Å². The van der Waals surface area contributed by atoms with E-state index in [9.17, 15) is 13.6 Å². The Morgan fingerprint density at radius 1 is 0.868 bits per heavy atom. The molecule has 0 saturated carbocycles. The highest BCUT2D eigenvalue weighted by atomic mass is 28.4. The number of β-lactam (4-membered cyclic amide) rings is 1. The molecule has 3 aromatic carbocycles. The number of nitrogens with zero attached hydrogens (tertiary/aromatic N) is 1. The first-order valence-corrected chi connectivity index (χ1v) is 19.6. The fourth-order valence-corrected chi connectivity index (χ4v) is 6.64. The third kappa shape index (κ3) is 6.98. The van der Waals surface area contributed by atoms with Gasteiger partial charge in [-0.3, -0.25) is 4.79 Å². The first kappa shape index (κ1) is 23.1. The van der Waals surface area contributed by atoms with Gasteiger partial charge in [0.25, 0.3) is 0 Å². The van der Waals surface area contributed by atoms with Crippen LogP contribution in [0.1, 0.15) is 41.6 Å². The van der Waals surface area contributed by atoms with E-state index in [0.717, 1.165) is 11.1 Å². The first-order chi connectivity index (χ1) is 19.5. The third-order valence-electron chi connectivity index (χ3n) is 6.16. The normalized spacial score (nSPS) is 20.2. The summed E-state index contributed by atoms with van der Waals surface area (Å²) in [6.45, 7) is 12.4. The zero-order chi connectivity index (χ0) is 31.1. The number of anilines is 1. The van der Waals surface area contributed by atoms with E-state index in [-0.39, 0.29) is 23.5 Å². The molecule has 202 valence electrons. The van der Waals surface area contributed by atoms with Crippen LogP contribution >= 0.6 is 0 Å². The lowest BCUT2D eigenvalue weighted by Gasteiger charge is -2.48. The van der Waals surface area contributed by atoms with Crippen LogP contribution in [-0.4, -0.2) is 22.5 Å². The maximum Gasteiger partial charge on any atom is 0.242 e. The molecule has 0 bridgehead atoms. The second kappa shape index (κ2) is 11.1. The van der Waals surface area contributed by atoms with Gasteiger partial charge < -0.3 is 13.8 Å². The Labute approximate surface area is 232 Å². The highest BCUT2D eigenvalue weighted by Gasteiger charge is 2.48. The fraction of sp³-hybridized carbons (Fsp3) is 0.367. The Morgan fingerprint density at radius 3 is 2.03 bits per heavy atom. The maximum absolute atomic E-state index is 14.4. The van der Waals surface area contributed by atoms with Crippen LogP contribution in [-0.2, 0) is 9.22 Å². The lowest BCUT2D eigenvalue weighted by atomic mass is 9.78. The molecule has 4 rings (SSSR count). The molecular weight excluding hydrogens is 517 g/mol. The molecule has 1 fully saturated rings. The van der Waals surface area contributed by atoms with Crippen LogP contribution in [0.4, 0.5) is 14.5 Å². The number of hydrogen-bond donors (Lipinski definition) is 0. The molecular formula is C30H37F2NO3Si2. The van der Waals surface area contributed by atoms with Crippen LogP contribution < -0.4 is 9.33 Å². The smallest absolute Gasteiger partial charge is 0.242 e. The molecule has 1 amide bonds. The van der Waals surface area contributed by atoms with Crippen molar-refractivity contribution in [3.63, 3.8) is 0 Å². The summed E-state index contributed by atoms with van der Waals surface area (Å²) in [7, 11) is -3.90. The second-order valence-electron chi connectivity index (χ2n) is 11.6. The highest BCUT2D eigenvalue weighted by molar-refractivity contribution is 6.70. The predicted octanol–water partition coefficient (Wildman–Crippen LogP) is 8.26. The van der Waals surface area contributed by atoms with Gasteiger partial charge in [0, 0.05) is 5.69 Å². The molecule has 0 spiro atoms. The summed E-state index contributed by atoms with van der Waals surface area (Å²) in [5.41, 5.74) is 1.30. The van der Waals surface area contributed by atoms with Gasteiger partial charge in [-0.05, 0) is 112 Å². The van der Waals surface area contributed by atoms with Crippen LogP contribution in [0, 0.1) is 17.6 Å². The van der Waals surface area contributed by atoms with E-state index >= 15 is 0 Å². The van der Waals surface area contributed by atoms with Gasteiger partial charge in [-0.25, -0.2) is 8.78 Å². The average molecular weight is 558 g/mol. The molecule has 8 heteroatoms. The molecule has 0 radical (unpaired) electrons. The SMILES string of the molecule is [2H]c1c([2H])c(N2C(=O)[C@H](CC[C@H](O[Si](C)(C)C)c3ccc(F)cc3)[C@H]2c2ccc(O[Si](C)(C)C)cc2)c([2H])c([2H])c1F. The number of carbonyl (C=O) groups excluding carboxylic acids is 1. The molecule has 38 heavy (non-hydrogen) atoms. The molecule has 1 aliphatic rings. The van der Waals surface area contributed by atoms with Crippen LogP contribution in [0.2, 0.25) is 39.3 Å². The summed E-state index contributed by atoms with van der Waals surface area (Å²) in [4.78, 5) is 15.0. The quantitative estimate of drug-likeness (QED) is 0.186. The van der Waals surface area contributed by atoms with Gasteiger partial charge >= 0.3 is 0 Å². The largest absolute Gasteiger partial charge is 0.544 e. The monoisotopic (exact) mass is 557 g/mol. The lowest BCUT2D eigenvalue weighted by molar-refractivity contribution is -0.131. The minimum Gasteiger partial charge on any atom is -0.544 e. The first-order valence-electron chi connectivity index (χ1n) is 14.8. The van der Waals surface area contributed by atoms with Crippen molar-refractivity contribution in [2.45, 2.75) is 64.3 Å². The zero-order valence-corrected chi connectivity index (χ0v) is 24.7. The number of amides is 1. The molecule has 1 aliphatic heterocycles. The second-order valence-corrected chi connectivity index (χ2v) is 20.4. The Kier molecular flexibility index (Phi) is 6.76. The van der Waals surface area contributed by atoms with Crippen LogP contribution in [0.25, 0.3) is 0 Å². The van der Waals surface area contributed by atoms with Crippen molar-refractivity contribution in [1.29, 1.82) is 0 Å². The minimum absolute atomic E-state index is 0.242. The number of rotatable bonds is 10. The summed E-state index contributed by atoms with van der Waals surface area (Å²) in [5, 5.41) is 0. The van der Waals surface area contributed by atoms with Crippen molar-refractivity contribution in [1.82, 2.24) is 0 Å². The molecule has 3 aromatic rings. The predicted molar refractivity (Wildman–Crippen MR) is 153 cm³/mol. The topological polar surface area (TPSA) is 38.8 Å². The Bertz CT molecular complexity index is 1430. The fourth-order valence-electron chi connectivity index (χ4n) is 4.69. The van der Waals surface area contributed by atoms with Crippen LogP contribution in [0.5, 0.6) is 5.75 Å². The van der Waals surface area contributed by atoms with Gasteiger partial charge in [0.2, 0.25) is 14.2 Å².